The summed E-state index contributed by atoms with van der Waals surface area (Å²) in [5, 5.41) is 3.10. The summed E-state index contributed by atoms with van der Waals surface area (Å²) in [7, 11) is 0. The van der Waals surface area contributed by atoms with E-state index in [0.717, 1.165) is 18.0 Å². The maximum absolute atomic E-state index is 12.3. The molecule has 0 saturated heterocycles. The normalized spacial score (nSPS) is 24.0. The molecule has 0 radical (unpaired) electrons. The number of hydrogen-bond acceptors (Lipinski definition) is 2. The van der Waals surface area contributed by atoms with Gasteiger partial charge in [0, 0.05) is 12.6 Å². The number of hydrogen-bond donors (Lipinski definition) is 2. The van der Waals surface area contributed by atoms with Gasteiger partial charge in [0.05, 0.1) is 5.92 Å². The summed E-state index contributed by atoms with van der Waals surface area (Å²) in [4.78, 5) is 12.3. The highest BCUT2D eigenvalue weighted by atomic mass is 35.5. The topological polar surface area (TPSA) is 55.1 Å². The third-order valence-corrected chi connectivity index (χ3v) is 4.84. The van der Waals surface area contributed by atoms with Gasteiger partial charge in [-0.15, -0.1) is 12.4 Å². The molecule has 1 aliphatic rings. The Morgan fingerprint density at radius 1 is 1.23 bits per heavy atom. The Labute approximate surface area is 140 Å². The average Bonchev–Trinajstić information content (AvgIpc) is 2.53. The molecular formula is C18H29ClN2O. The molecule has 1 fully saturated rings. The number of nitrogens with one attached hydrogen (secondary N) is 1. The molecular weight excluding hydrogens is 296 g/mol. The van der Waals surface area contributed by atoms with Gasteiger partial charge in [-0.2, -0.15) is 0 Å². The van der Waals surface area contributed by atoms with Gasteiger partial charge in [-0.05, 0) is 30.2 Å². The third-order valence-electron chi connectivity index (χ3n) is 4.84. The van der Waals surface area contributed by atoms with Gasteiger partial charge in [0.25, 0.3) is 0 Å². The molecule has 0 spiro atoms. The van der Waals surface area contributed by atoms with Gasteiger partial charge in [-0.25, -0.2) is 0 Å². The summed E-state index contributed by atoms with van der Waals surface area (Å²) >= 11 is 0. The lowest BCUT2D eigenvalue weighted by atomic mass is 9.83. The van der Waals surface area contributed by atoms with E-state index in [-0.39, 0.29) is 30.3 Å². The molecule has 4 heteroatoms. The SMILES string of the molecule is CC1CCC(CNC(=O)C(C)C(N)c2ccccc2)CC1.Cl. The fourth-order valence-corrected chi connectivity index (χ4v) is 3.07. The molecule has 1 saturated carbocycles. The van der Waals surface area contributed by atoms with Crippen molar-refractivity contribution in [3.8, 4) is 0 Å². The van der Waals surface area contributed by atoms with Gasteiger partial charge in [-0.3, -0.25) is 4.79 Å². The highest BCUT2D eigenvalue weighted by Gasteiger charge is 2.24. The predicted molar refractivity (Wildman–Crippen MR) is 93.9 cm³/mol. The van der Waals surface area contributed by atoms with Crippen molar-refractivity contribution in [2.75, 3.05) is 6.54 Å². The Hall–Kier alpha value is -1.06. The summed E-state index contributed by atoms with van der Waals surface area (Å²) in [6, 6.07) is 9.61. The van der Waals surface area contributed by atoms with Crippen LogP contribution >= 0.6 is 12.4 Å². The minimum atomic E-state index is -0.238. The van der Waals surface area contributed by atoms with E-state index in [1.807, 2.05) is 37.3 Å². The fraction of sp³-hybridized carbons (Fsp3) is 0.611. The van der Waals surface area contributed by atoms with E-state index in [4.69, 9.17) is 5.73 Å². The number of halogens is 1. The zero-order valence-electron chi connectivity index (χ0n) is 13.6. The number of nitrogens with two attached hydrogens (primary N) is 1. The minimum absolute atomic E-state index is 0. The van der Waals surface area contributed by atoms with Crippen LogP contribution in [0, 0.1) is 17.8 Å². The summed E-state index contributed by atoms with van der Waals surface area (Å²) in [6.07, 6.45) is 5.06. The van der Waals surface area contributed by atoms with E-state index in [1.54, 1.807) is 0 Å². The predicted octanol–water partition coefficient (Wildman–Crippen LogP) is 3.69. The fourth-order valence-electron chi connectivity index (χ4n) is 3.07. The van der Waals surface area contributed by atoms with Crippen molar-refractivity contribution in [3.05, 3.63) is 35.9 Å². The first-order valence-electron chi connectivity index (χ1n) is 8.16. The quantitative estimate of drug-likeness (QED) is 0.868. The second kappa shape index (κ2) is 9.16. The molecule has 22 heavy (non-hydrogen) atoms. The van der Waals surface area contributed by atoms with Crippen LogP contribution < -0.4 is 11.1 Å². The van der Waals surface area contributed by atoms with Crippen LogP contribution in [0.1, 0.15) is 51.1 Å². The van der Waals surface area contributed by atoms with Crippen LogP contribution in [0.3, 0.4) is 0 Å². The van der Waals surface area contributed by atoms with Crippen LogP contribution in [-0.2, 0) is 4.79 Å². The Bertz CT molecular complexity index is 444. The second-order valence-corrected chi connectivity index (χ2v) is 6.60. The molecule has 1 aromatic rings. The van der Waals surface area contributed by atoms with Crippen LogP contribution in [0.15, 0.2) is 30.3 Å². The first-order valence-corrected chi connectivity index (χ1v) is 8.16. The molecule has 0 aromatic heterocycles. The molecule has 2 rings (SSSR count). The molecule has 124 valence electrons. The number of benzene rings is 1. The zero-order valence-corrected chi connectivity index (χ0v) is 14.4. The second-order valence-electron chi connectivity index (χ2n) is 6.60. The van der Waals surface area contributed by atoms with Crippen molar-refractivity contribution in [1.29, 1.82) is 0 Å². The van der Waals surface area contributed by atoms with Crippen molar-refractivity contribution in [1.82, 2.24) is 5.32 Å². The standard InChI is InChI=1S/C18H28N2O.ClH/c1-13-8-10-15(11-9-13)12-20-18(21)14(2)17(19)16-6-4-3-5-7-16;/h3-7,13-15,17H,8-12,19H2,1-2H3,(H,20,21);1H. The lowest BCUT2D eigenvalue weighted by Gasteiger charge is -2.27. The molecule has 3 nitrogen and oxygen atoms in total. The van der Waals surface area contributed by atoms with E-state index in [2.05, 4.69) is 12.2 Å². The summed E-state index contributed by atoms with van der Waals surface area (Å²) in [5.74, 6) is 1.37. The number of carbonyl (C=O) groups excluding carboxylic acids is 1. The summed E-state index contributed by atoms with van der Waals surface area (Å²) < 4.78 is 0. The molecule has 3 N–H and O–H groups in total. The van der Waals surface area contributed by atoms with Crippen LogP contribution in [0.25, 0.3) is 0 Å². The third kappa shape index (κ3) is 5.29. The monoisotopic (exact) mass is 324 g/mol. The van der Waals surface area contributed by atoms with Gasteiger partial charge < -0.3 is 11.1 Å². The summed E-state index contributed by atoms with van der Waals surface area (Å²) in [6.45, 7) is 5.03. The molecule has 1 aliphatic carbocycles. The van der Waals surface area contributed by atoms with Gasteiger partial charge in [0.1, 0.15) is 0 Å². The minimum Gasteiger partial charge on any atom is -0.356 e. The van der Waals surface area contributed by atoms with Crippen LogP contribution in [0.5, 0.6) is 0 Å². The number of carbonyl (C=O) groups is 1. The molecule has 2 atom stereocenters. The molecule has 0 heterocycles. The van der Waals surface area contributed by atoms with Crippen molar-refractivity contribution in [3.63, 3.8) is 0 Å². The van der Waals surface area contributed by atoms with E-state index in [0.29, 0.717) is 5.92 Å². The van der Waals surface area contributed by atoms with Crippen molar-refractivity contribution >= 4 is 18.3 Å². The molecule has 1 amide bonds. The Balaban J connectivity index is 0.00000242. The lowest BCUT2D eigenvalue weighted by molar-refractivity contribution is -0.125. The number of amides is 1. The molecule has 1 aromatic carbocycles. The van der Waals surface area contributed by atoms with Gasteiger partial charge in [0.2, 0.25) is 5.91 Å². The Morgan fingerprint density at radius 3 is 2.41 bits per heavy atom. The van der Waals surface area contributed by atoms with Crippen LogP contribution in [-0.4, -0.2) is 12.5 Å². The van der Waals surface area contributed by atoms with Gasteiger partial charge in [-0.1, -0.05) is 57.0 Å². The van der Waals surface area contributed by atoms with E-state index < -0.39 is 0 Å². The average molecular weight is 325 g/mol. The van der Waals surface area contributed by atoms with Crippen molar-refractivity contribution in [2.24, 2.45) is 23.5 Å². The Morgan fingerprint density at radius 2 is 1.82 bits per heavy atom. The van der Waals surface area contributed by atoms with E-state index in [9.17, 15) is 4.79 Å². The van der Waals surface area contributed by atoms with Crippen molar-refractivity contribution < 1.29 is 4.79 Å². The van der Waals surface area contributed by atoms with Crippen LogP contribution in [0.2, 0.25) is 0 Å². The van der Waals surface area contributed by atoms with E-state index >= 15 is 0 Å². The molecule has 2 unspecified atom stereocenters. The summed E-state index contributed by atoms with van der Waals surface area (Å²) in [5.41, 5.74) is 7.23. The van der Waals surface area contributed by atoms with E-state index in [1.165, 1.54) is 25.7 Å². The number of rotatable bonds is 5. The first-order chi connectivity index (χ1) is 10.1. The lowest BCUT2D eigenvalue weighted by Crippen LogP contribution is -2.38. The van der Waals surface area contributed by atoms with Gasteiger partial charge in [0.15, 0.2) is 0 Å². The highest BCUT2D eigenvalue weighted by molar-refractivity contribution is 5.85. The first kappa shape index (κ1) is 19.0. The zero-order chi connectivity index (χ0) is 15.2. The van der Waals surface area contributed by atoms with Gasteiger partial charge >= 0.3 is 0 Å². The maximum Gasteiger partial charge on any atom is 0.224 e. The molecule has 0 aliphatic heterocycles. The largest absolute Gasteiger partial charge is 0.356 e. The smallest absolute Gasteiger partial charge is 0.224 e. The van der Waals surface area contributed by atoms with Crippen LogP contribution in [0.4, 0.5) is 0 Å². The molecule has 0 bridgehead atoms. The Kier molecular flexibility index (Phi) is 7.91. The maximum atomic E-state index is 12.3. The highest BCUT2D eigenvalue weighted by Crippen LogP contribution is 2.28. The van der Waals surface area contributed by atoms with Crippen molar-refractivity contribution in [2.45, 2.75) is 45.6 Å².